The molecule has 6 heteroatoms. The third-order valence-electron chi connectivity index (χ3n) is 1.28. The first kappa shape index (κ1) is 8.95. The van der Waals surface area contributed by atoms with Gasteiger partial charge in [0.1, 0.15) is 6.61 Å². The Balaban J connectivity index is 2.74. The highest BCUT2D eigenvalue weighted by molar-refractivity contribution is 5.79. The SMILES string of the molecule is O=C1CCC(=O)OC(O)(CO)O1. The van der Waals surface area contributed by atoms with Crippen LogP contribution in [0.4, 0.5) is 0 Å². The number of hydrogen-bond acceptors (Lipinski definition) is 6. The van der Waals surface area contributed by atoms with Crippen LogP contribution < -0.4 is 0 Å². The van der Waals surface area contributed by atoms with Crippen molar-refractivity contribution < 1.29 is 29.3 Å². The Bertz CT molecular complexity index is 192. The number of carbonyl (C=O) groups excluding carboxylic acids is 2. The van der Waals surface area contributed by atoms with Gasteiger partial charge in [-0.1, -0.05) is 0 Å². The molecule has 68 valence electrons. The van der Waals surface area contributed by atoms with Gasteiger partial charge in [0.25, 0.3) is 0 Å². The second-order valence-electron chi connectivity index (χ2n) is 2.32. The zero-order valence-electron chi connectivity index (χ0n) is 6.15. The molecule has 1 fully saturated rings. The highest BCUT2D eigenvalue weighted by Crippen LogP contribution is 2.16. The number of aliphatic hydroxyl groups is 2. The molecule has 1 rings (SSSR count). The van der Waals surface area contributed by atoms with E-state index < -0.39 is 24.5 Å². The molecule has 0 radical (unpaired) electrons. The largest absolute Gasteiger partial charge is 0.398 e. The standard InChI is InChI=1S/C6H8O6/c7-3-6(10)11-4(8)1-2-5(9)12-6/h7,10H,1-3H2. The minimum Gasteiger partial charge on any atom is -0.396 e. The lowest BCUT2D eigenvalue weighted by atomic mass is 10.3. The van der Waals surface area contributed by atoms with Crippen LogP contribution in [0.15, 0.2) is 0 Å². The second kappa shape index (κ2) is 3.08. The van der Waals surface area contributed by atoms with Crippen molar-refractivity contribution in [2.24, 2.45) is 0 Å². The van der Waals surface area contributed by atoms with Gasteiger partial charge in [-0.25, -0.2) is 0 Å². The molecule has 0 atom stereocenters. The van der Waals surface area contributed by atoms with Gasteiger partial charge in [0.15, 0.2) is 0 Å². The summed E-state index contributed by atoms with van der Waals surface area (Å²) in [5.41, 5.74) is 0. The molecule has 0 saturated carbocycles. The fourth-order valence-electron chi connectivity index (χ4n) is 0.747. The summed E-state index contributed by atoms with van der Waals surface area (Å²) in [5, 5.41) is 17.6. The van der Waals surface area contributed by atoms with E-state index in [1.807, 2.05) is 0 Å². The van der Waals surface area contributed by atoms with Gasteiger partial charge < -0.3 is 19.7 Å². The fraction of sp³-hybridized carbons (Fsp3) is 0.667. The maximum Gasteiger partial charge on any atom is 0.398 e. The number of ether oxygens (including phenoxy) is 2. The molecular formula is C6H8O6. The topological polar surface area (TPSA) is 93.1 Å². The summed E-state index contributed by atoms with van der Waals surface area (Å²) in [6.45, 7) is -0.968. The van der Waals surface area contributed by atoms with Gasteiger partial charge in [0.05, 0.1) is 12.8 Å². The average molecular weight is 176 g/mol. The molecule has 0 aliphatic carbocycles. The first-order chi connectivity index (χ1) is 5.56. The van der Waals surface area contributed by atoms with Gasteiger partial charge >= 0.3 is 17.9 Å². The van der Waals surface area contributed by atoms with E-state index in [-0.39, 0.29) is 12.8 Å². The Morgan fingerprint density at radius 3 is 2.00 bits per heavy atom. The van der Waals surface area contributed by atoms with Crippen LogP contribution in [0.2, 0.25) is 0 Å². The number of cyclic esters (lactones) is 2. The minimum atomic E-state index is -2.50. The van der Waals surface area contributed by atoms with E-state index in [0.717, 1.165) is 0 Å². The summed E-state index contributed by atoms with van der Waals surface area (Å²) in [4.78, 5) is 21.4. The average Bonchev–Trinajstić information content (AvgIpc) is 2.11. The van der Waals surface area contributed by atoms with Crippen LogP contribution in [0, 0.1) is 0 Å². The van der Waals surface area contributed by atoms with Gasteiger partial charge in [-0.15, -0.1) is 0 Å². The molecule has 6 nitrogen and oxygen atoms in total. The predicted octanol–water partition coefficient (Wildman–Crippen LogP) is -1.50. The first-order valence-electron chi connectivity index (χ1n) is 3.33. The van der Waals surface area contributed by atoms with Crippen LogP contribution in [-0.2, 0) is 19.1 Å². The lowest BCUT2D eigenvalue weighted by Crippen LogP contribution is -2.41. The lowest BCUT2D eigenvalue weighted by molar-refractivity contribution is -0.333. The van der Waals surface area contributed by atoms with Gasteiger partial charge in [-0.05, 0) is 0 Å². The fourth-order valence-corrected chi connectivity index (χ4v) is 0.747. The molecule has 0 aromatic carbocycles. The Labute approximate surface area is 67.7 Å². The van der Waals surface area contributed by atoms with Crippen molar-refractivity contribution in [2.45, 2.75) is 18.8 Å². The van der Waals surface area contributed by atoms with Crippen molar-refractivity contribution in [3.8, 4) is 0 Å². The third kappa shape index (κ3) is 1.93. The van der Waals surface area contributed by atoms with Crippen molar-refractivity contribution in [3.05, 3.63) is 0 Å². The van der Waals surface area contributed by atoms with E-state index in [9.17, 15) is 9.59 Å². The van der Waals surface area contributed by atoms with Gasteiger partial charge in [0.2, 0.25) is 0 Å². The molecule has 1 heterocycles. The maximum atomic E-state index is 10.7. The summed E-state index contributed by atoms with van der Waals surface area (Å²) in [7, 11) is 0. The lowest BCUT2D eigenvalue weighted by Gasteiger charge is -2.21. The predicted molar refractivity (Wildman–Crippen MR) is 33.5 cm³/mol. The zero-order valence-corrected chi connectivity index (χ0v) is 6.15. The molecule has 0 unspecified atom stereocenters. The minimum absolute atomic E-state index is 0.152. The smallest absolute Gasteiger partial charge is 0.396 e. The zero-order chi connectivity index (χ0) is 9.19. The third-order valence-corrected chi connectivity index (χ3v) is 1.28. The van der Waals surface area contributed by atoms with Crippen molar-refractivity contribution in [1.29, 1.82) is 0 Å². The van der Waals surface area contributed by atoms with Gasteiger partial charge in [-0.3, -0.25) is 9.59 Å². The van der Waals surface area contributed by atoms with E-state index >= 15 is 0 Å². The van der Waals surface area contributed by atoms with Crippen LogP contribution in [0.1, 0.15) is 12.8 Å². The summed E-state index contributed by atoms with van der Waals surface area (Å²) < 4.78 is 8.48. The van der Waals surface area contributed by atoms with Crippen molar-refractivity contribution in [2.75, 3.05) is 6.61 Å². The normalized spacial score (nSPS) is 22.5. The number of carbonyl (C=O) groups is 2. The van der Waals surface area contributed by atoms with Gasteiger partial charge in [-0.2, -0.15) is 0 Å². The molecule has 0 aromatic rings. The maximum absolute atomic E-state index is 10.7. The Kier molecular flexibility index (Phi) is 2.30. The van der Waals surface area contributed by atoms with Crippen molar-refractivity contribution in [3.63, 3.8) is 0 Å². The van der Waals surface area contributed by atoms with Crippen LogP contribution >= 0.6 is 0 Å². The Morgan fingerprint density at radius 1 is 1.25 bits per heavy atom. The molecule has 2 N–H and O–H groups in total. The molecular weight excluding hydrogens is 168 g/mol. The van der Waals surface area contributed by atoms with Crippen LogP contribution in [-0.4, -0.2) is 34.7 Å². The molecule has 0 amide bonds. The van der Waals surface area contributed by atoms with Crippen molar-refractivity contribution in [1.82, 2.24) is 0 Å². The molecule has 0 bridgehead atoms. The molecule has 1 aliphatic rings. The van der Waals surface area contributed by atoms with E-state index in [1.54, 1.807) is 0 Å². The summed E-state index contributed by atoms with van der Waals surface area (Å²) in [6.07, 6.45) is -0.303. The number of aliphatic hydroxyl groups excluding tert-OH is 1. The molecule has 0 aromatic heterocycles. The quantitative estimate of drug-likeness (QED) is 0.472. The summed E-state index contributed by atoms with van der Waals surface area (Å²) >= 11 is 0. The number of hydrogen-bond donors (Lipinski definition) is 2. The molecule has 12 heavy (non-hydrogen) atoms. The van der Waals surface area contributed by atoms with E-state index in [4.69, 9.17) is 10.2 Å². The van der Waals surface area contributed by atoms with E-state index in [0.29, 0.717) is 0 Å². The van der Waals surface area contributed by atoms with Crippen LogP contribution in [0.3, 0.4) is 0 Å². The molecule has 1 saturated heterocycles. The molecule has 1 aliphatic heterocycles. The molecule has 0 spiro atoms. The van der Waals surface area contributed by atoms with E-state index in [2.05, 4.69) is 9.47 Å². The van der Waals surface area contributed by atoms with Gasteiger partial charge in [0, 0.05) is 0 Å². The Hall–Kier alpha value is -1.14. The number of rotatable bonds is 1. The first-order valence-corrected chi connectivity index (χ1v) is 3.33. The van der Waals surface area contributed by atoms with Crippen LogP contribution in [0.5, 0.6) is 0 Å². The summed E-state index contributed by atoms with van der Waals surface area (Å²) in [6, 6.07) is 0. The number of esters is 2. The Morgan fingerprint density at radius 2 is 1.67 bits per heavy atom. The monoisotopic (exact) mass is 176 g/mol. The highest BCUT2D eigenvalue weighted by Gasteiger charge is 2.38. The van der Waals surface area contributed by atoms with Crippen LogP contribution in [0.25, 0.3) is 0 Å². The highest BCUT2D eigenvalue weighted by atomic mass is 16.8. The second-order valence-corrected chi connectivity index (χ2v) is 2.32. The summed E-state index contributed by atoms with van der Waals surface area (Å²) in [5.74, 6) is -4.06. The van der Waals surface area contributed by atoms with E-state index in [1.165, 1.54) is 0 Å². The van der Waals surface area contributed by atoms with Crippen molar-refractivity contribution >= 4 is 11.9 Å².